The van der Waals surface area contributed by atoms with Crippen LogP contribution in [0.15, 0.2) is 18.2 Å². The summed E-state index contributed by atoms with van der Waals surface area (Å²) in [6.07, 6.45) is 1.04. The first kappa shape index (κ1) is 16.1. The number of benzene rings is 1. The third kappa shape index (κ3) is 4.25. The van der Waals surface area contributed by atoms with Gasteiger partial charge in [0.2, 0.25) is 0 Å². The van der Waals surface area contributed by atoms with E-state index in [1.54, 1.807) is 19.2 Å². The molecule has 0 spiro atoms. The number of hydrogen-bond acceptors (Lipinski definition) is 2. The van der Waals surface area contributed by atoms with E-state index in [0.717, 1.165) is 19.0 Å². The first-order valence-corrected chi connectivity index (χ1v) is 6.86. The highest BCUT2D eigenvalue weighted by Gasteiger charge is 2.20. The smallest absolute Gasteiger partial charge is 0.163 e. The maximum atomic E-state index is 13.8. The van der Waals surface area contributed by atoms with Crippen molar-refractivity contribution >= 4 is 0 Å². The summed E-state index contributed by atoms with van der Waals surface area (Å²) >= 11 is 0. The largest absolute Gasteiger partial charge is 0.312 e. The van der Waals surface area contributed by atoms with Crippen LogP contribution < -0.4 is 5.32 Å². The SMILES string of the molecule is CCCN(CC(NC)c1cccc(F)c1F)C(C)C. The molecule has 1 N–H and O–H groups in total. The third-order valence-electron chi connectivity index (χ3n) is 3.36. The highest BCUT2D eigenvalue weighted by molar-refractivity contribution is 5.23. The molecule has 1 aromatic rings. The zero-order chi connectivity index (χ0) is 14.4. The standard InChI is InChI=1S/C15H24F2N2/c1-5-9-19(11(2)3)10-14(18-4)12-7-6-8-13(16)15(12)17/h6-8,11,14,18H,5,9-10H2,1-4H3. The van der Waals surface area contributed by atoms with Crippen LogP contribution in [-0.4, -0.2) is 31.1 Å². The Hall–Kier alpha value is -1.00. The molecule has 0 amide bonds. The lowest BCUT2D eigenvalue weighted by atomic mass is 10.0. The quantitative estimate of drug-likeness (QED) is 0.817. The molecular weight excluding hydrogens is 246 g/mol. The van der Waals surface area contributed by atoms with Gasteiger partial charge >= 0.3 is 0 Å². The molecule has 0 aliphatic rings. The third-order valence-corrected chi connectivity index (χ3v) is 3.36. The average molecular weight is 270 g/mol. The Labute approximate surface area is 114 Å². The molecule has 1 rings (SSSR count). The summed E-state index contributed by atoms with van der Waals surface area (Å²) in [5.74, 6) is -1.54. The molecule has 0 radical (unpaired) electrons. The van der Waals surface area contributed by atoms with Crippen molar-refractivity contribution < 1.29 is 8.78 Å². The number of likely N-dealkylation sites (N-methyl/N-ethyl adjacent to an activating group) is 1. The van der Waals surface area contributed by atoms with Crippen LogP contribution in [0.3, 0.4) is 0 Å². The normalized spacial score (nSPS) is 13.3. The zero-order valence-corrected chi connectivity index (χ0v) is 12.2. The molecule has 1 atom stereocenters. The molecule has 4 heteroatoms. The molecule has 0 heterocycles. The fourth-order valence-electron chi connectivity index (χ4n) is 2.22. The van der Waals surface area contributed by atoms with Gasteiger partial charge in [0.1, 0.15) is 0 Å². The molecule has 1 unspecified atom stereocenters. The lowest BCUT2D eigenvalue weighted by Gasteiger charge is -2.30. The monoisotopic (exact) mass is 270 g/mol. The lowest BCUT2D eigenvalue weighted by molar-refractivity contribution is 0.199. The Morgan fingerprint density at radius 3 is 2.47 bits per heavy atom. The molecule has 0 aliphatic heterocycles. The average Bonchev–Trinajstić information content (AvgIpc) is 2.38. The van der Waals surface area contributed by atoms with E-state index in [9.17, 15) is 8.78 Å². The summed E-state index contributed by atoms with van der Waals surface area (Å²) in [5, 5.41) is 3.08. The molecule has 2 nitrogen and oxygen atoms in total. The van der Waals surface area contributed by atoms with Crippen molar-refractivity contribution in [1.29, 1.82) is 0 Å². The maximum absolute atomic E-state index is 13.8. The van der Waals surface area contributed by atoms with Gasteiger partial charge in [-0.3, -0.25) is 4.90 Å². The molecule has 0 saturated carbocycles. The van der Waals surface area contributed by atoms with Crippen LogP contribution in [0.2, 0.25) is 0 Å². The Morgan fingerprint density at radius 2 is 1.95 bits per heavy atom. The van der Waals surface area contributed by atoms with Crippen LogP contribution in [0.5, 0.6) is 0 Å². The van der Waals surface area contributed by atoms with Crippen molar-refractivity contribution in [3.05, 3.63) is 35.4 Å². The van der Waals surface area contributed by atoms with Crippen molar-refractivity contribution in [1.82, 2.24) is 10.2 Å². The van der Waals surface area contributed by atoms with Gasteiger partial charge in [0, 0.05) is 24.2 Å². The minimum Gasteiger partial charge on any atom is -0.312 e. The molecule has 1 aromatic carbocycles. The molecular formula is C15H24F2N2. The molecule has 108 valence electrons. The van der Waals surface area contributed by atoms with Crippen LogP contribution in [-0.2, 0) is 0 Å². The first-order chi connectivity index (χ1) is 9.01. The van der Waals surface area contributed by atoms with Gasteiger partial charge in [-0.05, 0) is 39.9 Å². The second-order valence-corrected chi connectivity index (χ2v) is 5.07. The van der Waals surface area contributed by atoms with Gasteiger partial charge in [-0.25, -0.2) is 8.78 Å². The van der Waals surface area contributed by atoms with Crippen LogP contribution >= 0.6 is 0 Å². The molecule has 0 aliphatic carbocycles. The fourth-order valence-corrected chi connectivity index (χ4v) is 2.22. The molecule has 0 bridgehead atoms. The number of nitrogens with one attached hydrogen (secondary N) is 1. The maximum Gasteiger partial charge on any atom is 0.163 e. The van der Waals surface area contributed by atoms with Crippen LogP contribution in [0.1, 0.15) is 38.8 Å². The minimum atomic E-state index is -0.788. The molecule has 0 saturated heterocycles. The van der Waals surface area contributed by atoms with Crippen LogP contribution in [0, 0.1) is 11.6 Å². The molecule has 19 heavy (non-hydrogen) atoms. The summed E-state index contributed by atoms with van der Waals surface area (Å²) < 4.78 is 27.1. The number of halogens is 2. The van der Waals surface area contributed by atoms with E-state index >= 15 is 0 Å². The lowest BCUT2D eigenvalue weighted by Crippen LogP contribution is -2.39. The minimum absolute atomic E-state index is 0.204. The highest BCUT2D eigenvalue weighted by Crippen LogP contribution is 2.21. The zero-order valence-electron chi connectivity index (χ0n) is 12.2. The number of hydrogen-bond donors (Lipinski definition) is 1. The summed E-state index contributed by atoms with van der Waals surface area (Å²) in [6, 6.07) is 4.52. The van der Waals surface area contributed by atoms with Crippen molar-refractivity contribution in [3.63, 3.8) is 0 Å². The van der Waals surface area contributed by atoms with Gasteiger partial charge in [0.05, 0.1) is 0 Å². The van der Waals surface area contributed by atoms with E-state index in [1.165, 1.54) is 0 Å². The Morgan fingerprint density at radius 1 is 1.26 bits per heavy atom. The Bertz CT molecular complexity index is 394. The van der Waals surface area contributed by atoms with E-state index in [-0.39, 0.29) is 6.04 Å². The summed E-state index contributed by atoms with van der Waals surface area (Å²) in [7, 11) is 1.78. The number of rotatable bonds is 7. The molecule has 0 fully saturated rings. The van der Waals surface area contributed by atoms with Gasteiger partial charge < -0.3 is 5.32 Å². The topological polar surface area (TPSA) is 15.3 Å². The van der Waals surface area contributed by atoms with Crippen molar-refractivity contribution in [2.75, 3.05) is 20.1 Å². The Balaban J connectivity index is 2.90. The van der Waals surface area contributed by atoms with Crippen LogP contribution in [0.25, 0.3) is 0 Å². The van der Waals surface area contributed by atoms with E-state index < -0.39 is 11.6 Å². The van der Waals surface area contributed by atoms with E-state index in [0.29, 0.717) is 18.2 Å². The Kier molecular flexibility index (Phi) is 6.38. The first-order valence-electron chi connectivity index (χ1n) is 6.86. The van der Waals surface area contributed by atoms with Gasteiger partial charge in [-0.15, -0.1) is 0 Å². The van der Waals surface area contributed by atoms with E-state index in [2.05, 4.69) is 31.0 Å². The van der Waals surface area contributed by atoms with Crippen LogP contribution in [0.4, 0.5) is 8.78 Å². The van der Waals surface area contributed by atoms with E-state index in [1.807, 2.05) is 0 Å². The predicted molar refractivity (Wildman–Crippen MR) is 75.2 cm³/mol. The second-order valence-electron chi connectivity index (χ2n) is 5.07. The van der Waals surface area contributed by atoms with E-state index in [4.69, 9.17) is 0 Å². The van der Waals surface area contributed by atoms with Crippen molar-refractivity contribution in [2.24, 2.45) is 0 Å². The van der Waals surface area contributed by atoms with Crippen molar-refractivity contribution in [2.45, 2.75) is 39.3 Å². The summed E-state index contributed by atoms with van der Waals surface area (Å²) in [5.41, 5.74) is 0.393. The van der Waals surface area contributed by atoms with Gasteiger partial charge in [-0.1, -0.05) is 19.1 Å². The second kappa shape index (κ2) is 7.56. The summed E-state index contributed by atoms with van der Waals surface area (Å²) in [6.45, 7) is 7.97. The predicted octanol–water partition coefficient (Wildman–Crippen LogP) is 3.35. The van der Waals surface area contributed by atoms with Gasteiger partial charge in [-0.2, -0.15) is 0 Å². The highest BCUT2D eigenvalue weighted by atomic mass is 19.2. The van der Waals surface area contributed by atoms with Crippen molar-refractivity contribution in [3.8, 4) is 0 Å². The van der Waals surface area contributed by atoms with Gasteiger partial charge in [0.25, 0.3) is 0 Å². The molecule has 0 aromatic heterocycles. The fraction of sp³-hybridized carbons (Fsp3) is 0.600. The summed E-state index contributed by atoms with van der Waals surface area (Å²) in [4.78, 5) is 2.27. The van der Waals surface area contributed by atoms with Gasteiger partial charge in [0.15, 0.2) is 11.6 Å². The number of nitrogens with zero attached hydrogens (tertiary/aromatic N) is 1.